The molecule has 190 valence electrons. The van der Waals surface area contributed by atoms with Crippen molar-refractivity contribution in [3.05, 3.63) is 77.6 Å². The smallest absolute Gasteiger partial charge is 0.267 e. The van der Waals surface area contributed by atoms with Gasteiger partial charge in [0.15, 0.2) is 5.60 Å². The van der Waals surface area contributed by atoms with Gasteiger partial charge in [0.25, 0.3) is 5.91 Å². The number of primary amides is 1. The molecule has 2 aromatic heterocycles. The number of anilines is 1. The van der Waals surface area contributed by atoms with E-state index in [0.717, 1.165) is 24.1 Å². The molecule has 0 unspecified atom stereocenters. The molecule has 5 rings (SSSR count). The van der Waals surface area contributed by atoms with Crippen LogP contribution >= 0.6 is 0 Å². The van der Waals surface area contributed by atoms with Crippen LogP contribution in [-0.4, -0.2) is 52.8 Å². The number of carbonyl (C=O) groups excluding carboxylic acids is 2. The van der Waals surface area contributed by atoms with E-state index >= 15 is 0 Å². The van der Waals surface area contributed by atoms with Crippen LogP contribution < -0.4 is 15.4 Å². The second-order valence-corrected chi connectivity index (χ2v) is 8.58. The Hall–Kier alpha value is -4.33. The Morgan fingerprint density at radius 1 is 1.16 bits per heavy atom. The highest BCUT2D eigenvalue weighted by atomic mass is 19.1. The molecule has 1 fully saturated rings. The third kappa shape index (κ3) is 6.67. The van der Waals surface area contributed by atoms with E-state index in [4.69, 9.17) is 15.2 Å². The maximum Gasteiger partial charge on any atom is 0.267 e. The van der Waals surface area contributed by atoms with Gasteiger partial charge in [0, 0.05) is 37.0 Å². The quantitative estimate of drug-likeness (QED) is 0.415. The van der Waals surface area contributed by atoms with Crippen LogP contribution in [0.3, 0.4) is 0 Å². The number of pyridine rings is 2. The summed E-state index contributed by atoms with van der Waals surface area (Å²) >= 11 is 0. The van der Waals surface area contributed by atoms with Gasteiger partial charge in [-0.1, -0.05) is 17.9 Å². The second-order valence-electron chi connectivity index (χ2n) is 8.58. The molecule has 0 spiro atoms. The summed E-state index contributed by atoms with van der Waals surface area (Å²) < 4.78 is 22.9. The van der Waals surface area contributed by atoms with Crippen LogP contribution in [0.2, 0.25) is 0 Å². The van der Waals surface area contributed by atoms with Gasteiger partial charge in [0.2, 0.25) is 11.9 Å². The van der Waals surface area contributed by atoms with Crippen LogP contribution in [0, 0.1) is 17.8 Å². The molecule has 0 bridgehead atoms. The maximum absolute atomic E-state index is 12.6. The summed E-state index contributed by atoms with van der Waals surface area (Å²) in [6.45, 7) is 0.534. The zero-order valence-corrected chi connectivity index (χ0v) is 20.1. The van der Waals surface area contributed by atoms with Crippen LogP contribution in [-0.2, 0) is 16.0 Å². The van der Waals surface area contributed by atoms with E-state index in [1.54, 1.807) is 18.0 Å². The monoisotopic (exact) mass is 504 g/mol. The third-order valence-electron chi connectivity index (χ3n) is 5.70. The highest BCUT2D eigenvalue weighted by Crippen LogP contribution is 2.27. The average molecular weight is 505 g/mol. The minimum Gasteiger partial charge on any atom is -0.456 e. The van der Waals surface area contributed by atoms with Crippen molar-refractivity contribution in [3.8, 4) is 23.3 Å². The first-order valence-corrected chi connectivity index (χ1v) is 11.5. The Morgan fingerprint density at radius 2 is 1.97 bits per heavy atom. The summed E-state index contributed by atoms with van der Waals surface area (Å²) in [5, 5.41) is 9.89. The van der Waals surface area contributed by atoms with Gasteiger partial charge in [-0.2, -0.15) is 4.39 Å². The number of rotatable bonds is 3. The summed E-state index contributed by atoms with van der Waals surface area (Å²) in [6, 6.07) is 11.4. The van der Waals surface area contributed by atoms with Gasteiger partial charge in [0.1, 0.15) is 17.2 Å². The van der Waals surface area contributed by atoms with Gasteiger partial charge in [-0.25, -0.2) is 4.98 Å². The molecular formula is C27H25FN4O5. The van der Waals surface area contributed by atoms with E-state index in [9.17, 15) is 19.1 Å². The lowest BCUT2D eigenvalue weighted by atomic mass is 10.0. The van der Waals surface area contributed by atoms with Crippen molar-refractivity contribution in [2.75, 3.05) is 25.2 Å². The molecule has 3 aromatic rings. The molecule has 2 aliphatic heterocycles. The van der Waals surface area contributed by atoms with Crippen molar-refractivity contribution in [3.63, 3.8) is 0 Å². The second kappa shape index (κ2) is 11.2. The SMILES string of the molecule is CN1C(=O)CCCc2ccc(C#CC3(O)COC3)cc21.NC(=O)c1cc(Oc2ccc(F)nc2)ccn1. The molecule has 10 heteroatoms. The van der Waals surface area contributed by atoms with Crippen molar-refractivity contribution in [2.45, 2.75) is 24.9 Å². The average Bonchev–Trinajstić information content (AvgIpc) is 3.01. The maximum atomic E-state index is 12.6. The number of aromatic nitrogens is 2. The first kappa shape index (κ1) is 25.8. The van der Waals surface area contributed by atoms with Crippen molar-refractivity contribution in [2.24, 2.45) is 5.73 Å². The van der Waals surface area contributed by atoms with Crippen molar-refractivity contribution in [1.29, 1.82) is 0 Å². The zero-order valence-electron chi connectivity index (χ0n) is 20.1. The van der Waals surface area contributed by atoms with Gasteiger partial charge in [-0.3, -0.25) is 14.6 Å². The zero-order chi connectivity index (χ0) is 26.4. The Balaban J connectivity index is 0.000000176. The molecule has 9 nitrogen and oxygen atoms in total. The van der Waals surface area contributed by atoms with E-state index in [0.29, 0.717) is 17.9 Å². The number of aliphatic hydroxyl groups is 1. The first-order valence-electron chi connectivity index (χ1n) is 11.5. The van der Waals surface area contributed by atoms with Gasteiger partial charge in [-0.05, 0) is 48.7 Å². The fourth-order valence-corrected chi connectivity index (χ4v) is 3.62. The lowest BCUT2D eigenvalue weighted by Gasteiger charge is -2.30. The number of amides is 2. The third-order valence-corrected chi connectivity index (χ3v) is 5.70. The molecule has 0 radical (unpaired) electrons. The summed E-state index contributed by atoms with van der Waals surface area (Å²) in [5.74, 6) is 5.44. The predicted octanol–water partition coefficient (Wildman–Crippen LogP) is 2.61. The molecule has 0 saturated carbocycles. The summed E-state index contributed by atoms with van der Waals surface area (Å²) in [5.41, 5.74) is 7.08. The Kier molecular flexibility index (Phi) is 7.77. The number of hydrogen-bond donors (Lipinski definition) is 2. The Morgan fingerprint density at radius 3 is 2.65 bits per heavy atom. The Bertz CT molecular complexity index is 1360. The van der Waals surface area contributed by atoms with Crippen LogP contribution in [0.1, 0.15) is 34.5 Å². The highest BCUT2D eigenvalue weighted by Gasteiger charge is 2.33. The number of nitrogens with zero attached hydrogens (tertiary/aromatic N) is 3. The van der Waals surface area contributed by atoms with Gasteiger partial charge in [0.05, 0.1) is 19.4 Å². The topological polar surface area (TPSA) is 128 Å². The molecule has 4 heterocycles. The number of carbonyl (C=O) groups is 2. The number of halogens is 1. The Labute approximate surface area is 213 Å². The molecule has 3 N–H and O–H groups in total. The molecule has 37 heavy (non-hydrogen) atoms. The molecule has 0 aliphatic carbocycles. The van der Waals surface area contributed by atoms with Crippen LogP contribution in [0.4, 0.5) is 10.1 Å². The number of fused-ring (bicyclic) bond motifs is 1. The van der Waals surface area contributed by atoms with Crippen molar-refractivity contribution < 1.29 is 28.6 Å². The summed E-state index contributed by atoms with van der Waals surface area (Å²) in [6.07, 6.45) is 5.02. The minimum absolute atomic E-state index is 0.0950. The largest absolute Gasteiger partial charge is 0.456 e. The fourth-order valence-electron chi connectivity index (χ4n) is 3.62. The van der Waals surface area contributed by atoms with E-state index in [1.165, 1.54) is 36.2 Å². The molecule has 1 saturated heterocycles. The van der Waals surface area contributed by atoms with Crippen molar-refractivity contribution >= 4 is 17.5 Å². The van der Waals surface area contributed by atoms with Gasteiger partial charge < -0.3 is 25.2 Å². The van der Waals surface area contributed by atoms with E-state index < -0.39 is 17.5 Å². The minimum atomic E-state index is -1.01. The molecular weight excluding hydrogens is 479 g/mol. The summed E-state index contributed by atoms with van der Waals surface area (Å²) in [4.78, 5) is 31.7. The van der Waals surface area contributed by atoms with E-state index in [2.05, 4.69) is 21.8 Å². The lowest BCUT2D eigenvalue weighted by molar-refractivity contribution is -0.140. The highest BCUT2D eigenvalue weighted by molar-refractivity contribution is 5.94. The first-order chi connectivity index (χ1) is 17.7. The van der Waals surface area contributed by atoms with Crippen LogP contribution in [0.15, 0.2) is 54.9 Å². The standard InChI is InChI=1S/C16H17NO3.C11H8FN3O2/c1-17-14-9-12(7-8-16(19)10-20-11-16)5-6-13(14)3-2-4-15(17)18;12-10-2-1-8(6-15-10)17-7-3-4-14-9(5-7)11(13)16/h5-6,9,19H,2-4,10-11H2,1H3;1-6H,(H2,13,16). The number of nitrogens with two attached hydrogens (primary N) is 1. The number of benzene rings is 1. The molecule has 0 atom stereocenters. The van der Waals surface area contributed by atoms with E-state index in [-0.39, 0.29) is 24.8 Å². The number of hydrogen-bond acceptors (Lipinski definition) is 7. The van der Waals surface area contributed by atoms with Crippen molar-refractivity contribution in [1.82, 2.24) is 9.97 Å². The van der Waals surface area contributed by atoms with Gasteiger partial charge in [-0.15, -0.1) is 0 Å². The normalized spacial score (nSPS) is 15.5. The predicted molar refractivity (Wildman–Crippen MR) is 132 cm³/mol. The fraction of sp³-hybridized carbons (Fsp3) is 0.259. The van der Waals surface area contributed by atoms with Crippen LogP contribution in [0.25, 0.3) is 0 Å². The van der Waals surface area contributed by atoms with Gasteiger partial charge >= 0.3 is 0 Å². The van der Waals surface area contributed by atoms with Crippen LogP contribution in [0.5, 0.6) is 11.5 Å². The number of aryl methyl sites for hydroxylation is 1. The molecule has 2 amide bonds. The number of ether oxygens (including phenoxy) is 2. The molecule has 1 aromatic carbocycles. The molecule has 2 aliphatic rings. The lowest BCUT2D eigenvalue weighted by Crippen LogP contribution is -2.48. The summed E-state index contributed by atoms with van der Waals surface area (Å²) in [7, 11) is 1.80. The van der Waals surface area contributed by atoms with E-state index in [1.807, 2.05) is 18.2 Å².